The molecule has 0 aromatic heterocycles. The van der Waals surface area contributed by atoms with Crippen molar-refractivity contribution in [1.29, 1.82) is 0 Å². The second-order valence-electron chi connectivity index (χ2n) is 7.13. The van der Waals surface area contributed by atoms with E-state index in [9.17, 15) is 9.59 Å². The van der Waals surface area contributed by atoms with Crippen molar-refractivity contribution < 1.29 is 62.8 Å². The van der Waals surface area contributed by atoms with Crippen LogP contribution in [0.4, 0.5) is 0 Å². The number of carbonyl (C=O) groups is 2. The molecule has 0 aromatic rings. The number of amides is 2. The maximum absolute atomic E-state index is 11.1. The van der Waals surface area contributed by atoms with Crippen molar-refractivity contribution in [3.63, 3.8) is 0 Å². The second-order valence-corrected chi connectivity index (χ2v) is 7.13. The number of halogens is 1. The normalized spacial score (nSPS) is 17.6. The summed E-state index contributed by atoms with van der Waals surface area (Å²) in [6.07, 6.45) is 15.3. The zero-order valence-corrected chi connectivity index (χ0v) is 20.6. The minimum Gasteiger partial charge on any atom is -1.00 e. The number of hydrogen-bond donors (Lipinski definition) is 0. The van der Waals surface area contributed by atoms with E-state index in [0.29, 0.717) is 24.9 Å². The van der Waals surface area contributed by atoms with E-state index in [1.54, 1.807) is 0 Å². The van der Waals surface area contributed by atoms with Gasteiger partial charge >= 0.3 is 40.8 Å². The Morgan fingerprint density at radius 1 is 0.692 bits per heavy atom. The third-order valence-corrected chi connectivity index (χ3v) is 4.73. The molecule has 0 aliphatic heterocycles. The Morgan fingerprint density at radius 2 is 1.00 bits per heavy atom. The third kappa shape index (κ3) is 14.6. The zero-order chi connectivity index (χ0) is 17.6. The molecule has 4 nitrogen and oxygen atoms in total. The molecule has 2 amide bonds. The van der Waals surface area contributed by atoms with Gasteiger partial charge in [0.15, 0.2) is 0 Å². The summed E-state index contributed by atoms with van der Waals surface area (Å²) < 4.78 is 0. The van der Waals surface area contributed by atoms with E-state index < -0.39 is 0 Å². The van der Waals surface area contributed by atoms with Crippen LogP contribution in [0, 0.1) is 40.8 Å². The van der Waals surface area contributed by atoms with Gasteiger partial charge in [-0.2, -0.15) is 0 Å². The second kappa shape index (κ2) is 18.9. The minimum atomic E-state index is 0. The molecule has 149 valence electrons. The van der Waals surface area contributed by atoms with Gasteiger partial charge in [0.25, 0.3) is 0 Å². The molecule has 2 aliphatic carbocycles. The largest absolute Gasteiger partial charge is 3.00 e. The van der Waals surface area contributed by atoms with Crippen LogP contribution in [0.5, 0.6) is 0 Å². The summed E-state index contributed by atoms with van der Waals surface area (Å²) in [6.45, 7) is 4.04. The smallest absolute Gasteiger partial charge is 1.00 e. The molecule has 2 rings (SSSR count). The molecule has 0 saturated heterocycles. The molecular weight excluding hydrogens is 480 g/mol. The molecule has 6 heteroatoms. The Labute approximate surface area is 199 Å². The van der Waals surface area contributed by atoms with Crippen LogP contribution in [0.15, 0.2) is 0 Å². The van der Waals surface area contributed by atoms with Crippen LogP contribution in [0.2, 0.25) is 0 Å². The minimum absolute atomic E-state index is 0. The Balaban J connectivity index is 0. The van der Waals surface area contributed by atoms with E-state index in [2.05, 4.69) is 10.6 Å². The van der Waals surface area contributed by atoms with Gasteiger partial charge in [0, 0.05) is 0 Å². The van der Waals surface area contributed by atoms with Crippen molar-refractivity contribution in [2.24, 2.45) is 0 Å². The average Bonchev–Trinajstić information content (AvgIpc) is 2.58. The maximum Gasteiger partial charge on any atom is 3.00 e. The first kappa shape index (κ1) is 28.8. The van der Waals surface area contributed by atoms with Gasteiger partial charge in [-0.05, 0) is 12.8 Å². The van der Waals surface area contributed by atoms with Crippen molar-refractivity contribution in [3.05, 3.63) is 10.6 Å². The van der Waals surface area contributed by atoms with Gasteiger partial charge in [0.2, 0.25) is 0 Å². The van der Waals surface area contributed by atoms with Crippen molar-refractivity contribution in [2.75, 3.05) is 0 Å². The number of rotatable bonds is 6. The van der Waals surface area contributed by atoms with Crippen molar-refractivity contribution in [3.8, 4) is 0 Å². The molecule has 0 bridgehead atoms. The molecule has 2 saturated carbocycles. The SMILES string of the molecule is CCCC(=O)[N-]C1CCCCC1.CCCC(=O)[N-]C1CCCCC1.[Cl-].[Nd+3]. The maximum atomic E-state index is 11.1. The van der Waals surface area contributed by atoms with E-state index >= 15 is 0 Å². The molecular formula is C20H36ClN2NdO2. The molecule has 0 N–H and O–H groups in total. The van der Waals surface area contributed by atoms with Gasteiger partial charge in [-0.15, -0.1) is 12.1 Å². The number of carbonyl (C=O) groups excluding carboxylic acids is 2. The van der Waals surface area contributed by atoms with Crippen molar-refractivity contribution in [1.82, 2.24) is 0 Å². The summed E-state index contributed by atoms with van der Waals surface area (Å²) in [5, 5.41) is 8.37. The van der Waals surface area contributed by atoms with Crippen LogP contribution in [-0.2, 0) is 9.59 Å². The predicted molar refractivity (Wildman–Crippen MR) is 100 cm³/mol. The fourth-order valence-electron chi connectivity index (χ4n) is 3.38. The Bertz CT molecular complexity index is 324. The molecule has 0 atom stereocenters. The molecule has 2 aliphatic rings. The monoisotopic (exact) mass is 513 g/mol. The van der Waals surface area contributed by atoms with Crippen molar-refractivity contribution >= 4 is 11.8 Å². The van der Waals surface area contributed by atoms with Crippen LogP contribution in [0.3, 0.4) is 0 Å². The molecule has 0 heterocycles. The summed E-state index contributed by atoms with van der Waals surface area (Å²) >= 11 is 0. The van der Waals surface area contributed by atoms with Crippen LogP contribution >= 0.6 is 0 Å². The van der Waals surface area contributed by atoms with E-state index in [1.807, 2.05) is 13.8 Å². The summed E-state index contributed by atoms with van der Waals surface area (Å²) in [7, 11) is 0. The summed E-state index contributed by atoms with van der Waals surface area (Å²) in [6, 6.07) is 0.718. The molecule has 0 unspecified atom stereocenters. The first-order valence-electron chi connectivity index (χ1n) is 10.1. The summed E-state index contributed by atoms with van der Waals surface area (Å²) in [5.41, 5.74) is 0. The van der Waals surface area contributed by atoms with Crippen LogP contribution < -0.4 is 12.4 Å². The fourth-order valence-corrected chi connectivity index (χ4v) is 3.38. The zero-order valence-electron chi connectivity index (χ0n) is 16.6. The van der Waals surface area contributed by atoms with E-state index in [4.69, 9.17) is 0 Å². The summed E-state index contributed by atoms with van der Waals surface area (Å²) in [5.74, 6) is 0.230. The first-order chi connectivity index (χ1) is 11.7. The van der Waals surface area contributed by atoms with E-state index in [1.165, 1.54) is 38.5 Å². The Kier molecular flexibility index (Phi) is 20.9. The van der Waals surface area contributed by atoms with E-state index in [0.717, 1.165) is 38.5 Å². The quantitative estimate of drug-likeness (QED) is 0.545. The standard InChI is InChI=1S/2C10H19NO.ClH.Nd/c2*1-2-6-10(12)11-9-7-4-3-5-8-9;;/h2*9H,2-8H2,1H3,(H,11,12);1H;/q;;;+3/p-3. The molecule has 26 heavy (non-hydrogen) atoms. The van der Waals surface area contributed by atoms with Gasteiger partial charge < -0.3 is 32.6 Å². The first-order valence-corrected chi connectivity index (χ1v) is 10.1. The van der Waals surface area contributed by atoms with Crippen LogP contribution in [0.25, 0.3) is 10.6 Å². The molecule has 2 fully saturated rings. The van der Waals surface area contributed by atoms with Gasteiger partial charge in [-0.25, -0.2) is 0 Å². The van der Waals surface area contributed by atoms with Gasteiger partial charge in [-0.3, -0.25) is 0 Å². The van der Waals surface area contributed by atoms with Crippen molar-refractivity contribution in [2.45, 2.75) is 116 Å². The number of nitrogens with zero attached hydrogens (tertiary/aromatic N) is 2. The number of hydrogen-bond acceptors (Lipinski definition) is 2. The molecule has 0 aromatic carbocycles. The molecule has 0 spiro atoms. The fraction of sp³-hybridized carbons (Fsp3) is 0.900. The third-order valence-electron chi connectivity index (χ3n) is 4.73. The van der Waals surface area contributed by atoms with E-state index in [-0.39, 0.29) is 65.1 Å². The average molecular weight is 516 g/mol. The van der Waals surface area contributed by atoms with Gasteiger partial charge in [-0.1, -0.05) is 90.9 Å². The van der Waals surface area contributed by atoms with Gasteiger partial charge in [0.1, 0.15) is 0 Å². The van der Waals surface area contributed by atoms with Crippen LogP contribution in [-0.4, -0.2) is 23.9 Å². The summed E-state index contributed by atoms with van der Waals surface area (Å²) in [4.78, 5) is 22.3. The molecule has 1 radical (unpaired) electrons. The Morgan fingerprint density at radius 3 is 1.27 bits per heavy atom. The Hall–Kier alpha value is 0.581. The van der Waals surface area contributed by atoms with Crippen LogP contribution in [0.1, 0.15) is 104 Å². The topological polar surface area (TPSA) is 62.3 Å². The van der Waals surface area contributed by atoms with Gasteiger partial charge in [0.05, 0.1) is 11.8 Å². The predicted octanol–water partition coefficient (Wildman–Crippen LogP) is 3.04.